The van der Waals surface area contributed by atoms with Crippen LogP contribution in [0.5, 0.6) is 0 Å². The molecule has 0 aliphatic carbocycles. The smallest absolute Gasteiger partial charge is 0.0431 e. The van der Waals surface area contributed by atoms with E-state index < -0.39 is 0 Å². The normalized spacial score (nSPS) is 11.0. The van der Waals surface area contributed by atoms with E-state index in [4.69, 9.17) is 5.11 Å². The maximum absolute atomic E-state index is 8.60. The van der Waals surface area contributed by atoms with Crippen molar-refractivity contribution in [3.05, 3.63) is 24.8 Å². The van der Waals surface area contributed by atoms with E-state index in [1.807, 2.05) is 12.2 Å². The van der Waals surface area contributed by atoms with Crippen molar-refractivity contribution >= 4 is 0 Å². The number of allylic oxidation sites excluding steroid dienone is 3. The van der Waals surface area contributed by atoms with Gasteiger partial charge in [-0.3, -0.25) is 0 Å². The van der Waals surface area contributed by atoms with Gasteiger partial charge in [0.15, 0.2) is 0 Å². The first kappa shape index (κ1) is 14.4. The maximum atomic E-state index is 8.60. The van der Waals surface area contributed by atoms with Gasteiger partial charge in [0.2, 0.25) is 0 Å². The van der Waals surface area contributed by atoms with Crippen molar-refractivity contribution in [1.29, 1.82) is 0 Å². The van der Waals surface area contributed by atoms with Gasteiger partial charge < -0.3 is 5.11 Å². The van der Waals surface area contributed by atoms with Gasteiger partial charge in [0.1, 0.15) is 0 Å². The fraction of sp³-hybridized carbons (Fsp3) is 0.714. The molecule has 0 fully saturated rings. The summed E-state index contributed by atoms with van der Waals surface area (Å²) >= 11 is 0. The Kier molecular flexibility index (Phi) is 12.9. The summed E-state index contributed by atoms with van der Waals surface area (Å²) in [5.41, 5.74) is 0. The number of aliphatic hydroxyl groups is 1. The molecule has 0 radical (unpaired) electrons. The van der Waals surface area contributed by atoms with Crippen molar-refractivity contribution in [3.63, 3.8) is 0 Å². The van der Waals surface area contributed by atoms with Gasteiger partial charge in [-0.15, -0.1) is 0 Å². The van der Waals surface area contributed by atoms with E-state index in [-0.39, 0.29) is 0 Å². The van der Waals surface area contributed by atoms with Crippen LogP contribution in [0, 0.1) is 0 Å². The molecule has 0 rings (SSSR count). The number of unbranched alkanes of at least 4 members (excludes halogenated alkanes) is 8. The topological polar surface area (TPSA) is 20.2 Å². The standard InChI is InChI=1S/C14H26O/c1-2-3-4-5-6-7-8-9-10-11-12-13-14-15/h2-4,15H,1,5-14H2/b4-3-. The van der Waals surface area contributed by atoms with E-state index in [0.717, 1.165) is 6.42 Å². The Morgan fingerprint density at radius 2 is 1.33 bits per heavy atom. The van der Waals surface area contributed by atoms with Gasteiger partial charge in [0.05, 0.1) is 0 Å². The zero-order valence-corrected chi connectivity index (χ0v) is 9.96. The predicted molar refractivity (Wildman–Crippen MR) is 68.0 cm³/mol. The lowest BCUT2D eigenvalue weighted by atomic mass is 10.1. The summed E-state index contributed by atoms with van der Waals surface area (Å²) in [4.78, 5) is 0. The van der Waals surface area contributed by atoms with Crippen LogP contribution in [-0.4, -0.2) is 11.7 Å². The number of aliphatic hydroxyl groups excluding tert-OH is 1. The summed E-state index contributed by atoms with van der Waals surface area (Å²) in [7, 11) is 0. The molecule has 0 atom stereocenters. The van der Waals surface area contributed by atoms with Crippen LogP contribution >= 0.6 is 0 Å². The average molecular weight is 210 g/mol. The van der Waals surface area contributed by atoms with E-state index in [9.17, 15) is 0 Å². The second-order valence-electron chi connectivity index (χ2n) is 4.00. The molecule has 0 bridgehead atoms. The SMILES string of the molecule is C=C/C=C\CCCCCCCCCCO. The quantitative estimate of drug-likeness (QED) is 0.399. The van der Waals surface area contributed by atoms with E-state index in [0.29, 0.717) is 6.61 Å². The summed E-state index contributed by atoms with van der Waals surface area (Å²) in [6.45, 7) is 4.00. The Labute approximate surface area is 94.9 Å². The molecule has 1 nitrogen and oxygen atoms in total. The van der Waals surface area contributed by atoms with Crippen molar-refractivity contribution in [2.24, 2.45) is 0 Å². The third-order valence-corrected chi connectivity index (χ3v) is 2.55. The maximum Gasteiger partial charge on any atom is 0.0431 e. The molecule has 0 saturated heterocycles. The molecule has 0 saturated carbocycles. The molecule has 0 aromatic rings. The lowest BCUT2D eigenvalue weighted by Gasteiger charge is -2.00. The zero-order chi connectivity index (χ0) is 11.2. The molecule has 1 heteroatoms. The van der Waals surface area contributed by atoms with Crippen LogP contribution in [0.1, 0.15) is 57.8 Å². The van der Waals surface area contributed by atoms with Gasteiger partial charge in [-0.1, -0.05) is 63.3 Å². The van der Waals surface area contributed by atoms with Crippen molar-refractivity contribution in [3.8, 4) is 0 Å². The summed E-state index contributed by atoms with van der Waals surface area (Å²) in [5.74, 6) is 0. The monoisotopic (exact) mass is 210 g/mol. The summed E-state index contributed by atoms with van der Waals surface area (Å²) < 4.78 is 0. The highest BCUT2D eigenvalue weighted by molar-refractivity contribution is 4.96. The van der Waals surface area contributed by atoms with Crippen LogP contribution < -0.4 is 0 Å². The molecular formula is C14H26O. The highest BCUT2D eigenvalue weighted by Crippen LogP contribution is 2.09. The van der Waals surface area contributed by atoms with Crippen LogP contribution in [0.25, 0.3) is 0 Å². The highest BCUT2D eigenvalue weighted by Gasteiger charge is 1.90. The number of hydrogen-bond donors (Lipinski definition) is 1. The van der Waals surface area contributed by atoms with Gasteiger partial charge in [-0.05, 0) is 19.3 Å². The lowest BCUT2D eigenvalue weighted by Crippen LogP contribution is -1.84. The first-order valence-corrected chi connectivity index (χ1v) is 6.30. The largest absolute Gasteiger partial charge is 0.396 e. The molecule has 0 aromatic carbocycles. The molecule has 88 valence electrons. The Morgan fingerprint density at radius 3 is 1.87 bits per heavy atom. The average Bonchev–Trinajstić information content (AvgIpc) is 2.26. The van der Waals surface area contributed by atoms with Gasteiger partial charge in [0, 0.05) is 6.61 Å². The third-order valence-electron chi connectivity index (χ3n) is 2.55. The van der Waals surface area contributed by atoms with Crippen molar-refractivity contribution in [1.82, 2.24) is 0 Å². The highest BCUT2D eigenvalue weighted by atomic mass is 16.2. The Balaban J connectivity index is 2.92. The Morgan fingerprint density at radius 1 is 0.800 bits per heavy atom. The molecule has 1 N–H and O–H groups in total. The molecular weight excluding hydrogens is 184 g/mol. The molecule has 0 amide bonds. The van der Waals surface area contributed by atoms with Crippen molar-refractivity contribution < 1.29 is 5.11 Å². The van der Waals surface area contributed by atoms with E-state index in [1.165, 1.54) is 51.4 Å². The number of rotatable bonds is 11. The van der Waals surface area contributed by atoms with Gasteiger partial charge in [0.25, 0.3) is 0 Å². The van der Waals surface area contributed by atoms with E-state index in [2.05, 4.69) is 12.7 Å². The fourth-order valence-electron chi connectivity index (χ4n) is 1.63. The zero-order valence-electron chi connectivity index (χ0n) is 9.96. The minimum absolute atomic E-state index is 0.357. The minimum Gasteiger partial charge on any atom is -0.396 e. The minimum atomic E-state index is 0.357. The van der Waals surface area contributed by atoms with Crippen molar-refractivity contribution in [2.75, 3.05) is 6.61 Å². The Hall–Kier alpha value is -0.560. The second kappa shape index (κ2) is 13.4. The molecule has 0 heterocycles. The van der Waals surface area contributed by atoms with E-state index >= 15 is 0 Å². The van der Waals surface area contributed by atoms with Crippen molar-refractivity contribution in [2.45, 2.75) is 57.8 Å². The molecule has 0 aliphatic heterocycles. The molecule has 0 unspecified atom stereocenters. The summed E-state index contributed by atoms with van der Waals surface area (Å²) in [6, 6.07) is 0. The van der Waals surface area contributed by atoms with E-state index in [1.54, 1.807) is 0 Å². The van der Waals surface area contributed by atoms with Crippen LogP contribution in [0.2, 0.25) is 0 Å². The predicted octanol–water partition coefficient (Wildman–Crippen LogP) is 4.23. The molecule has 15 heavy (non-hydrogen) atoms. The molecule has 0 spiro atoms. The van der Waals surface area contributed by atoms with Gasteiger partial charge >= 0.3 is 0 Å². The van der Waals surface area contributed by atoms with Crippen LogP contribution in [0.4, 0.5) is 0 Å². The third kappa shape index (κ3) is 13.4. The lowest BCUT2D eigenvalue weighted by molar-refractivity contribution is 0.282. The molecule has 0 aliphatic rings. The first-order valence-electron chi connectivity index (χ1n) is 6.30. The summed E-state index contributed by atoms with van der Waals surface area (Å²) in [5, 5.41) is 8.60. The Bertz CT molecular complexity index is 149. The number of hydrogen-bond acceptors (Lipinski definition) is 1. The second-order valence-corrected chi connectivity index (χ2v) is 4.00. The van der Waals surface area contributed by atoms with Gasteiger partial charge in [-0.2, -0.15) is 0 Å². The fourth-order valence-corrected chi connectivity index (χ4v) is 1.63. The van der Waals surface area contributed by atoms with Crippen LogP contribution in [0.3, 0.4) is 0 Å². The summed E-state index contributed by atoms with van der Waals surface area (Å²) in [6.07, 6.45) is 17.4. The molecule has 0 aromatic heterocycles. The van der Waals surface area contributed by atoms with Crippen LogP contribution in [0.15, 0.2) is 24.8 Å². The van der Waals surface area contributed by atoms with Crippen LogP contribution in [-0.2, 0) is 0 Å². The first-order chi connectivity index (χ1) is 7.41. The van der Waals surface area contributed by atoms with Gasteiger partial charge in [-0.25, -0.2) is 0 Å².